The normalized spacial score (nSPS) is 13.6. The molecule has 1 atom stereocenters. The Balaban J connectivity index is 3.24. The van der Waals surface area contributed by atoms with E-state index in [9.17, 15) is 18.5 Å². The standard InChI is InChI=1S/C10H15N3O4S/c1-8(11)7-12(2)18(16,17)10-6-4-3-5-9(10)13(14)15/h3-6,8H,7,11H2,1-2H3. The van der Waals surface area contributed by atoms with E-state index in [1.807, 2.05) is 0 Å². The monoisotopic (exact) mass is 273 g/mol. The van der Waals surface area contributed by atoms with Crippen LogP contribution in [0.15, 0.2) is 29.2 Å². The minimum absolute atomic E-state index is 0.0916. The van der Waals surface area contributed by atoms with Crippen LogP contribution in [0, 0.1) is 10.1 Å². The third-order valence-corrected chi connectivity index (χ3v) is 4.17. The number of sulfonamides is 1. The van der Waals surface area contributed by atoms with Gasteiger partial charge in [-0.1, -0.05) is 12.1 Å². The summed E-state index contributed by atoms with van der Waals surface area (Å²) in [6.07, 6.45) is 0. The summed E-state index contributed by atoms with van der Waals surface area (Å²) in [6, 6.07) is 4.88. The second-order valence-corrected chi connectivity index (χ2v) is 6.00. The molecular weight excluding hydrogens is 258 g/mol. The molecule has 0 spiro atoms. The van der Waals surface area contributed by atoms with Crippen molar-refractivity contribution in [2.45, 2.75) is 17.9 Å². The van der Waals surface area contributed by atoms with Crippen LogP contribution in [0.2, 0.25) is 0 Å². The van der Waals surface area contributed by atoms with Gasteiger partial charge in [0.1, 0.15) is 0 Å². The van der Waals surface area contributed by atoms with E-state index in [0.717, 1.165) is 10.4 Å². The first-order valence-corrected chi connectivity index (χ1v) is 6.66. The first-order valence-electron chi connectivity index (χ1n) is 5.22. The molecule has 0 heterocycles. The number of para-hydroxylation sites is 1. The van der Waals surface area contributed by atoms with Crippen molar-refractivity contribution in [1.29, 1.82) is 0 Å². The number of rotatable bonds is 5. The van der Waals surface area contributed by atoms with Crippen molar-refractivity contribution in [2.75, 3.05) is 13.6 Å². The second kappa shape index (κ2) is 5.42. The van der Waals surface area contributed by atoms with Gasteiger partial charge in [-0.3, -0.25) is 10.1 Å². The quantitative estimate of drug-likeness (QED) is 0.623. The van der Waals surface area contributed by atoms with E-state index >= 15 is 0 Å². The molecule has 7 nitrogen and oxygen atoms in total. The topological polar surface area (TPSA) is 107 Å². The lowest BCUT2D eigenvalue weighted by atomic mass is 10.3. The third kappa shape index (κ3) is 3.03. The SMILES string of the molecule is CC(N)CN(C)S(=O)(=O)c1ccccc1[N+](=O)[O-]. The fourth-order valence-corrected chi connectivity index (χ4v) is 2.92. The molecule has 0 aliphatic rings. The molecule has 8 heteroatoms. The highest BCUT2D eigenvalue weighted by Gasteiger charge is 2.29. The van der Waals surface area contributed by atoms with Gasteiger partial charge in [0.15, 0.2) is 4.90 Å². The molecule has 1 aromatic carbocycles. The highest BCUT2D eigenvalue weighted by molar-refractivity contribution is 7.89. The minimum atomic E-state index is -3.90. The van der Waals surface area contributed by atoms with E-state index in [1.54, 1.807) is 6.92 Å². The van der Waals surface area contributed by atoms with Crippen LogP contribution >= 0.6 is 0 Å². The summed E-state index contributed by atoms with van der Waals surface area (Å²) in [6.45, 7) is 1.75. The van der Waals surface area contributed by atoms with Crippen LogP contribution in [-0.2, 0) is 10.0 Å². The van der Waals surface area contributed by atoms with Crippen LogP contribution in [0.4, 0.5) is 5.69 Å². The summed E-state index contributed by atoms with van der Waals surface area (Å²) in [5.41, 5.74) is 5.09. The molecule has 0 radical (unpaired) electrons. The van der Waals surface area contributed by atoms with Gasteiger partial charge in [0.25, 0.3) is 5.69 Å². The Hall–Kier alpha value is -1.51. The Bertz CT molecular complexity index is 542. The number of nitrogens with two attached hydrogens (primary N) is 1. The van der Waals surface area contributed by atoms with Gasteiger partial charge in [0.2, 0.25) is 10.0 Å². The molecule has 0 saturated carbocycles. The van der Waals surface area contributed by atoms with Gasteiger partial charge in [-0.25, -0.2) is 8.42 Å². The van der Waals surface area contributed by atoms with Crippen molar-refractivity contribution in [3.05, 3.63) is 34.4 Å². The first kappa shape index (κ1) is 14.6. The molecule has 0 aliphatic carbocycles. The average Bonchev–Trinajstić information content (AvgIpc) is 2.28. The van der Waals surface area contributed by atoms with E-state index in [4.69, 9.17) is 5.73 Å². The lowest BCUT2D eigenvalue weighted by Gasteiger charge is -2.18. The molecule has 1 unspecified atom stereocenters. The number of nitro benzene ring substituents is 1. The number of benzene rings is 1. The molecule has 0 aromatic heterocycles. The molecule has 1 rings (SSSR count). The molecule has 0 aliphatic heterocycles. The molecule has 1 aromatic rings. The number of hydrogen-bond donors (Lipinski definition) is 1. The Kier molecular flexibility index (Phi) is 4.38. The van der Waals surface area contributed by atoms with Crippen LogP contribution in [0.1, 0.15) is 6.92 Å². The van der Waals surface area contributed by atoms with Crippen molar-refractivity contribution in [3.63, 3.8) is 0 Å². The number of hydrogen-bond acceptors (Lipinski definition) is 5. The fourth-order valence-electron chi connectivity index (χ4n) is 1.50. The largest absolute Gasteiger partial charge is 0.327 e. The maximum atomic E-state index is 12.2. The smallest absolute Gasteiger partial charge is 0.289 e. The van der Waals surface area contributed by atoms with Crippen molar-refractivity contribution in [1.82, 2.24) is 4.31 Å². The molecule has 0 bridgehead atoms. The average molecular weight is 273 g/mol. The molecule has 0 fully saturated rings. The Labute approximate surface area is 105 Å². The van der Waals surface area contributed by atoms with Crippen molar-refractivity contribution in [2.24, 2.45) is 5.73 Å². The van der Waals surface area contributed by atoms with Crippen LogP contribution in [0.3, 0.4) is 0 Å². The summed E-state index contributed by atoms with van der Waals surface area (Å²) in [7, 11) is -2.56. The molecule has 0 amide bonds. The van der Waals surface area contributed by atoms with Crippen LogP contribution in [0.25, 0.3) is 0 Å². The summed E-state index contributed by atoms with van der Waals surface area (Å²) >= 11 is 0. The van der Waals surface area contributed by atoms with Gasteiger partial charge in [-0.15, -0.1) is 0 Å². The lowest BCUT2D eigenvalue weighted by Crippen LogP contribution is -2.37. The van der Waals surface area contributed by atoms with Crippen molar-refractivity contribution in [3.8, 4) is 0 Å². The Morgan fingerprint density at radius 1 is 1.44 bits per heavy atom. The zero-order chi connectivity index (χ0) is 13.9. The van der Waals surface area contributed by atoms with Gasteiger partial charge < -0.3 is 5.73 Å². The van der Waals surface area contributed by atoms with Gasteiger partial charge in [0.05, 0.1) is 4.92 Å². The molecule has 18 heavy (non-hydrogen) atoms. The maximum absolute atomic E-state index is 12.2. The minimum Gasteiger partial charge on any atom is -0.327 e. The first-order chi connectivity index (χ1) is 8.26. The van der Waals surface area contributed by atoms with Gasteiger partial charge in [-0.2, -0.15) is 4.31 Å². The molecular formula is C10H15N3O4S. The summed E-state index contributed by atoms with van der Waals surface area (Å²) in [4.78, 5) is 9.77. The van der Waals surface area contributed by atoms with E-state index in [1.165, 1.54) is 25.2 Å². The number of likely N-dealkylation sites (N-methyl/N-ethyl adjacent to an activating group) is 1. The van der Waals surface area contributed by atoms with E-state index in [-0.39, 0.29) is 17.5 Å². The number of nitrogens with zero attached hydrogens (tertiary/aromatic N) is 2. The Morgan fingerprint density at radius 2 is 2.00 bits per heavy atom. The van der Waals surface area contributed by atoms with Crippen LogP contribution in [0.5, 0.6) is 0 Å². The van der Waals surface area contributed by atoms with Crippen LogP contribution < -0.4 is 5.73 Å². The predicted molar refractivity (Wildman–Crippen MR) is 66.6 cm³/mol. The fraction of sp³-hybridized carbons (Fsp3) is 0.400. The summed E-state index contributed by atoms with van der Waals surface area (Å²) < 4.78 is 25.3. The van der Waals surface area contributed by atoms with Crippen LogP contribution in [-0.4, -0.2) is 37.3 Å². The zero-order valence-corrected chi connectivity index (χ0v) is 10.9. The highest BCUT2D eigenvalue weighted by Crippen LogP contribution is 2.25. The van der Waals surface area contributed by atoms with Gasteiger partial charge in [-0.05, 0) is 13.0 Å². The maximum Gasteiger partial charge on any atom is 0.289 e. The molecule has 100 valence electrons. The molecule has 2 N–H and O–H groups in total. The third-order valence-electron chi connectivity index (χ3n) is 2.30. The van der Waals surface area contributed by atoms with E-state index in [2.05, 4.69) is 0 Å². The van der Waals surface area contributed by atoms with Gasteiger partial charge in [0, 0.05) is 25.7 Å². The van der Waals surface area contributed by atoms with E-state index < -0.39 is 20.6 Å². The summed E-state index contributed by atoms with van der Waals surface area (Å²) in [5.74, 6) is 0. The highest BCUT2D eigenvalue weighted by atomic mass is 32.2. The predicted octanol–water partition coefficient (Wildman–Crippen LogP) is 0.562. The molecule has 0 saturated heterocycles. The summed E-state index contributed by atoms with van der Waals surface area (Å²) in [5, 5.41) is 10.8. The number of nitro groups is 1. The van der Waals surface area contributed by atoms with Crippen molar-refractivity contribution < 1.29 is 13.3 Å². The van der Waals surface area contributed by atoms with Gasteiger partial charge >= 0.3 is 0 Å². The second-order valence-electron chi connectivity index (χ2n) is 3.99. The zero-order valence-electron chi connectivity index (χ0n) is 10.1. The lowest BCUT2D eigenvalue weighted by molar-refractivity contribution is -0.387. The Morgan fingerprint density at radius 3 is 2.50 bits per heavy atom. The van der Waals surface area contributed by atoms with E-state index in [0.29, 0.717) is 0 Å². The van der Waals surface area contributed by atoms with Crippen molar-refractivity contribution >= 4 is 15.7 Å².